The van der Waals surface area contributed by atoms with Gasteiger partial charge in [0.2, 0.25) is 0 Å². The first kappa shape index (κ1) is 18.1. The largest absolute Gasteiger partial charge is 0.362 e. The maximum absolute atomic E-state index is 12.4. The Labute approximate surface area is 152 Å². The molecule has 136 valence electrons. The maximum Gasteiger partial charge on any atom is 0.283 e. The van der Waals surface area contributed by atoms with Gasteiger partial charge in [0, 0.05) is 37.6 Å². The SMILES string of the molecule is Cc1ccc(C(=O)Nc2ccc(S(=O)(=O)N=C3CCCN3C)cc2)cn1. The van der Waals surface area contributed by atoms with Crippen LogP contribution in [0.5, 0.6) is 0 Å². The number of hydrogen-bond donors (Lipinski definition) is 1. The monoisotopic (exact) mass is 372 g/mol. The highest BCUT2D eigenvalue weighted by molar-refractivity contribution is 7.90. The number of nitrogens with one attached hydrogen (secondary N) is 1. The Morgan fingerprint density at radius 3 is 2.50 bits per heavy atom. The molecule has 1 fully saturated rings. The summed E-state index contributed by atoms with van der Waals surface area (Å²) < 4.78 is 28.7. The molecular weight excluding hydrogens is 352 g/mol. The molecule has 1 N–H and O–H groups in total. The Morgan fingerprint density at radius 2 is 1.92 bits per heavy atom. The molecule has 1 saturated heterocycles. The second-order valence-electron chi connectivity index (χ2n) is 6.17. The molecule has 1 aliphatic heterocycles. The minimum Gasteiger partial charge on any atom is -0.362 e. The van der Waals surface area contributed by atoms with E-state index in [-0.39, 0.29) is 10.8 Å². The molecule has 1 aromatic carbocycles. The Hall–Kier alpha value is -2.74. The van der Waals surface area contributed by atoms with Crippen LogP contribution < -0.4 is 5.32 Å². The summed E-state index contributed by atoms with van der Waals surface area (Å²) in [5.41, 5.74) is 1.76. The number of pyridine rings is 1. The van der Waals surface area contributed by atoms with E-state index in [1.807, 2.05) is 18.9 Å². The minimum atomic E-state index is -3.76. The number of nitrogens with zero attached hydrogens (tertiary/aromatic N) is 3. The predicted octanol–water partition coefficient (Wildman–Crippen LogP) is 2.46. The Balaban J connectivity index is 1.74. The van der Waals surface area contributed by atoms with Gasteiger partial charge in [0.15, 0.2) is 0 Å². The second kappa shape index (κ2) is 7.25. The average molecular weight is 372 g/mol. The van der Waals surface area contributed by atoms with Crippen LogP contribution in [0.4, 0.5) is 5.69 Å². The normalized spacial score (nSPS) is 16.1. The van der Waals surface area contributed by atoms with Crippen molar-refractivity contribution in [1.82, 2.24) is 9.88 Å². The third kappa shape index (κ3) is 4.08. The van der Waals surface area contributed by atoms with Crippen molar-refractivity contribution in [3.05, 3.63) is 53.9 Å². The standard InChI is InChI=1S/C18H20N4O3S/c1-13-5-6-14(12-19-13)18(23)20-15-7-9-16(10-8-15)26(24,25)21-17-4-3-11-22(17)2/h5-10,12H,3-4,11H2,1-2H3,(H,20,23). The number of benzene rings is 1. The van der Waals surface area contributed by atoms with Gasteiger partial charge in [0.1, 0.15) is 5.84 Å². The molecule has 0 spiro atoms. The van der Waals surface area contributed by atoms with Crippen molar-refractivity contribution >= 4 is 27.5 Å². The molecule has 1 amide bonds. The van der Waals surface area contributed by atoms with Gasteiger partial charge < -0.3 is 10.2 Å². The number of amides is 1. The zero-order chi connectivity index (χ0) is 18.7. The van der Waals surface area contributed by atoms with Crippen LogP contribution in [0.1, 0.15) is 28.9 Å². The number of hydrogen-bond acceptors (Lipinski definition) is 4. The van der Waals surface area contributed by atoms with Crippen molar-refractivity contribution in [2.45, 2.75) is 24.7 Å². The second-order valence-corrected chi connectivity index (χ2v) is 7.78. The van der Waals surface area contributed by atoms with Crippen molar-refractivity contribution in [3.63, 3.8) is 0 Å². The number of anilines is 1. The van der Waals surface area contributed by atoms with E-state index in [0.717, 1.165) is 18.7 Å². The Bertz CT molecular complexity index is 935. The number of amidine groups is 1. The lowest BCUT2D eigenvalue weighted by molar-refractivity contribution is 0.102. The lowest BCUT2D eigenvalue weighted by atomic mass is 10.2. The molecule has 0 atom stereocenters. The molecule has 8 heteroatoms. The molecule has 0 saturated carbocycles. The quantitative estimate of drug-likeness (QED) is 0.890. The van der Waals surface area contributed by atoms with Crippen molar-refractivity contribution in [1.29, 1.82) is 0 Å². The average Bonchev–Trinajstić information content (AvgIpc) is 3.00. The molecule has 2 aromatic rings. The Morgan fingerprint density at radius 1 is 1.19 bits per heavy atom. The van der Waals surface area contributed by atoms with E-state index in [1.54, 1.807) is 24.3 Å². The third-order valence-corrected chi connectivity index (χ3v) is 5.46. The van der Waals surface area contributed by atoms with Crippen LogP contribution >= 0.6 is 0 Å². The first-order chi connectivity index (χ1) is 12.3. The van der Waals surface area contributed by atoms with Crippen LogP contribution in [0.3, 0.4) is 0 Å². The van der Waals surface area contributed by atoms with Crippen LogP contribution in [0.2, 0.25) is 0 Å². The number of carbonyl (C=O) groups is 1. The topological polar surface area (TPSA) is 91.7 Å². The molecule has 2 heterocycles. The first-order valence-electron chi connectivity index (χ1n) is 8.24. The van der Waals surface area contributed by atoms with Gasteiger partial charge in [-0.15, -0.1) is 4.40 Å². The van der Waals surface area contributed by atoms with Gasteiger partial charge in [-0.2, -0.15) is 8.42 Å². The summed E-state index contributed by atoms with van der Waals surface area (Å²) in [7, 11) is -1.92. The molecule has 7 nitrogen and oxygen atoms in total. The molecule has 0 radical (unpaired) electrons. The summed E-state index contributed by atoms with van der Waals surface area (Å²) in [6, 6.07) is 9.42. The molecule has 0 bridgehead atoms. The Kier molecular flexibility index (Phi) is 5.03. The predicted molar refractivity (Wildman–Crippen MR) is 99.9 cm³/mol. The molecule has 1 aliphatic rings. The number of likely N-dealkylation sites (tertiary alicyclic amines) is 1. The number of aromatic nitrogens is 1. The summed E-state index contributed by atoms with van der Waals surface area (Å²) in [5, 5.41) is 2.72. The molecule has 0 aliphatic carbocycles. The van der Waals surface area contributed by atoms with Gasteiger partial charge in [-0.3, -0.25) is 9.78 Å². The highest BCUT2D eigenvalue weighted by atomic mass is 32.2. The number of carbonyl (C=O) groups excluding carboxylic acids is 1. The van der Waals surface area contributed by atoms with Crippen molar-refractivity contribution in [3.8, 4) is 0 Å². The fraction of sp³-hybridized carbons (Fsp3) is 0.278. The maximum atomic E-state index is 12.4. The number of rotatable bonds is 4. The van der Waals surface area contributed by atoms with Gasteiger partial charge in [-0.05, 0) is 49.7 Å². The summed E-state index contributed by atoms with van der Waals surface area (Å²) in [6.45, 7) is 2.65. The van der Waals surface area contributed by atoms with Crippen LogP contribution in [0.15, 0.2) is 51.9 Å². The summed E-state index contributed by atoms with van der Waals surface area (Å²) in [6.07, 6.45) is 3.07. The van der Waals surface area contributed by atoms with E-state index in [4.69, 9.17) is 0 Å². The summed E-state index contributed by atoms with van der Waals surface area (Å²) in [4.78, 5) is 18.2. The first-order valence-corrected chi connectivity index (χ1v) is 9.68. The molecule has 3 rings (SSSR count). The summed E-state index contributed by atoms with van der Waals surface area (Å²) >= 11 is 0. The van der Waals surface area contributed by atoms with Crippen molar-refractivity contribution in [2.24, 2.45) is 4.40 Å². The van der Waals surface area contributed by atoms with E-state index in [0.29, 0.717) is 23.5 Å². The van der Waals surface area contributed by atoms with E-state index < -0.39 is 10.0 Å². The van der Waals surface area contributed by atoms with E-state index >= 15 is 0 Å². The van der Waals surface area contributed by atoms with E-state index in [9.17, 15) is 13.2 Å². The smallest absolute Gasteiger partial charge is 0.283 e. The fourth-order valence-electron chi connectivity index (χ4n) is 2.62. The highest BCUT2D eigenvalue weighted by Gasteiger charge is 2.20. The van der Waals surface area contributed by atoms with Crippen LogP contribution in [-0.4, -0.2) is 43.6 Å². The lowest BCUT2D eigenvalue weighted by Crippen LogP contribution is -2.20. The van der Waals surface area contributed by atoms with E-state index in [2.05, 4.69) is 14.7 Å². The summed E-state index contributed by atoms with van der Waals surface area (Å²) in [5.74, 6) is 0.273. The molecule has 1 aromatic heterocycles. The number of aryl methyl sites for hydroxylation is 1. The van der Waals surface area contributed by atoms with Gasteiger partial charge >= 0.3 is 0 Å². The van der Waals surface area contributed by atoms with Crippen molar-refractivity contribution < 1.29 is 13.2 Å². The third-order valence-electron chi connectivity index (χ3n) is 4.14. The van der Waals surface area contributed by atoms with Crippen LogP contribution in [0, 0.1) is 6.92 Å². The fourth-order valence-corrected chi connectivity index (χ4v) is 3.71. The van der Waals surface area contributed by atoms with Crippen molar-refractivity contribution in [2.75, 3.05) is 18.9 Å². The minimum absolute atomic E-state index is 0.0975. The van der Waals surface area contributed by atoms with Gasteiger partial charge in [-0.1, -0.05) is 0 Å². The lowest BCUT2D eigenvalue weighted by Gasteiger charge is -2.11. The van der Waals surface area contributed by atoms with Gasteiger partial charge in [0.25, 0.3) is 15.9 Å². The highest BCUT2D eigenvalue weighted by Crippen LogP contribution is 2.19. The van der Waals surface area contributed by atoms with Gasteiger partial charge in [0.05, 0.1) is 10.5 Å². The number of sulfonamides is 1. The van der Waals surface area contributed by atoms with Gasteiger partial charge in [-0.25, -0.2) is 0 Å². The zero-order valence-corrected chi connectivity index (χ0v) is 15.5. The molecular formula is C18H20N4O3S. The van der Waals surface area contributed by atoms with Crippen LogP contribution in [-0.2, 0) is 10.0 Å². The van der Waals surface area contributed by atoms with E-state index in [1.165, 1.54) is 18.3 Å². The molecule has 0 unspecified atom stereocenters. The van der Waals surface area contributed by atoms with Crippen LogP contribution in [0.25, 0.3) is 0 Å². The molecule has 26 heavy (non-hydrogen) atoms. The zero-order valence-electron chi connectivity index (χ0n) is 14.6.